The minimum Gasteiger partial charge on any atom is -0.396 e. The van der Waals surface area contributed by atoms with Crippen molar-refractivity contribution in [3.05, 3.63) is 57.8 Å². The number of likely N-dealkylation sites (N-methyl/N-ethyl adjacent to an activating group) is 1. The van der Waals surface area contributed by atoms with Gasteiger partial charge in [-0.15, -0.1) is 0 Å². The summed E-state index contributed by atoms with van der Waals surface area (Å²) in [5, 5.41) is 5.63. The molecule has 0 saturated carbocycles. The van der Waals surface area contributed by atoms with Gasteiger partial charge in [-0.25, -0.2) is 15.0 Å². The third-order valence-corrected chi connectivity index (χ3v) is 4.55. The van der Waals surface area contributed by atoms with Crippen molar-refractivity contribution in [1.29, 1.82) is 0 Å². The Morgan fingerprint density at radius 1 is 1.31 bits per heavy atom. The number of amides is 1. The molecule has 3 heterocycles. The van der Waals surface area contributed by atoms with Gasteiger partial charge < -0.3 is 21.4 Å². The molecule has 0 fully saturated rings. The van der Waals surface area contributed by atoms with Gasteiger partial charge in [0.1, 0.15) is 0 Å². The van der Waals surface area contributed by atoms with E-state index in [-0.39, 0.29) is 23.7 Å². The third kappa shape index (κ3) is 4.42. The second kappa shape index (κ2) is 8.55. The number of aromatic nitrogens is 5. The Morgan fingerprint density at radius 3 is 2.79 bits per heavy atom. The summed E-state index contributed by atoms with van der Waals surface area (Å²) in [6.07, 6.45) is 5.77. The monoisotopic (exact) mass is 396 g/mol. The van der Waals surface area contributed by atoms with Gasteiger partial charge in [-0.2, -0.15) is 0 Å². The van der Waals surface area contributed by atoms with Crippen LogP contribution >= 0.6 is 0 Å². The summed E-state index contributed by atoms with van der Waals surface area (Å²) < 4.78 is 1.43. The maximum atomic E-state index is 13.0. The fraction of sp³-hybridized carbons (Fsp3) is 0.316. The number of aryl methyl sites for hydroxylation is 2. The van der Waals surface area contributed by atoms with E-state index < -0.39 is 0 Å². The van der Waals surface area contributed by atoms with Crippen molar-refractivity contribution in [1.82, 2.24) is 29.8 Å². The number of nitrogens with two attached hydrogens (primary N) is 1. The Morgan fingerprint density at radius 2 is 2.10 bits per heavy atom. The van der Waals surface area contributed by atoms with Crippen molar-refractivity contribution in [2.75, 3.05) is 24.6 Å². The number of carbonyl (C=O) groups excluding carboxylic acids is 1. The van der Waals surface area contributed by atoms with E-state index in [0.717, 1.165) is 5.69 Å². The van der Waals surface area contributed by atoms with Crippen LogP contribution in [0.3, 0.4) is 0 Å². The summed E-state index contributed by atoms with van der Waals surface area (Å²) in [5.41, 5.74) is 9.06. The molecule has 0 bridgehead atoms. The lowest BCUT2D eigenvalue weighted by Gasteiger charge is -2.15. The zero-order chi connectivity index (χ0) is 21.0. The summed E-state index contributed by atoms with van der Waals surface area (Å²) >= 11 is 0. The molecule has 0 radical (unpaired) electrons. The number of nitrogens with zero attached hydrogens (tertiary/aromatic N) is 4. The predicted molar refractivity (Wildman–Crippen MR) is 110 cm³/mol. The molecule has 10 heteroatoms. The molecule has 0 aliphatic carbocycles. The molecule has 1 amide bonds. The number of pyridine rings is 1. The van der Waals surface area contributed by atoms with E-state index in [1.54, 1.807) is 45.7 Å². The molecule has 3 aromatic rings. The summed E-state index contributed by atoms with van der Waals surface area (Å²) in [6.45, 7) is 4.06. The molecule has 3 rings (SSSR count). The Balaban J connectivity index is 1.90. The van der Waals surface area contributed by atoms with Crippen molar-refractivity contribution in [2.24, 2.45) is 0 Å². The maximum absolute atomic E-state index is 13.0. The largest absolute Gasteiger partial charge is 0.396 e. The van der Waals surface area contributed by atoms with Crippen molar-refractivity contribution in [3.63, 3.8) is 0 Å². The molecule has 0 unspecified atom stereocenters. The SMILES string of the molecule is CNC(=O)Cc1cc(N)c(-n2c(C)cnc(NCCc3cnc[nH]3)c2=O)nc1C. The quantitative estimate of drug-likeness (QED) is 0.455. The Bertz CT molecular complexity index is 1070. The van der Waals surface area contributed by atoms with E-state index >= 15 is 0 Å². The molecule has 0 spiro atoms. The number of hydrogen-bond donors (Lipinski definition) is 4. The first-order valence-corrected chi connectivity index (χ1v) is 9.17. The number of nitrogens with one attached hydrogen (secondary N) is 3. The van der Waals surface area contributed by atoms with Crippen molar-refractivity contribution >= 4 is 17.4 Å². The standard InChI is InChI=1S/C19H24N8O2/c1-11-8-24-17(23-5-4-14-9-22-10-25-14)19(29)27(11)18-15(20)6-13(12(2)26-18)7-16(28)21-3/h6,8-10H,4-5,7,20H2,1-3H3,(H,21,28)(H,22,25)(H,23,24). The minimum absolute atomic E-state index is 0.136. The highest BCUT2D eigenvalue weighted by Crippen LogP contribution is 2.20. The molecule has 3 aromatic heterocycles. The van der Waals surface area contributed by atoms with Crippen LogP contribution in [0.1, 0.15) is 22.6 Å². The molecule has 5 N–H and O–H groups in total. The number of rotatable bonds is 7. The molecule has 152 valence electrons. The fourth-order valence-electron chi connectivity index (χ4n) is 2.93. The number of aromatic amines is 1. The summed E-state index contributed by atoms with van der Waals surface area (Å²) in [7, 11) is 1.57. The van der Waals surface area contributed by atoms with E-state index in [9.17, 15) is 9.59 Å². The number of hydrogen-bond acceptors (Lipinski definition) is 7. The van der Waals surface area contributed by atoms with Crippen LogP contribution in [-0.4, -0.2) is 44.0 Å². The van der Waals surface area contributed by atoms with E-state index in [1.807, 2.05) is 0 Å². The lowest BCUT2D eigenvalue weighted by Crippen LogP contribution is -2.28. The molecule has 10 nitrogen and oxygen atoms in total. The van der Waals surface area contributed by atoms with Crippen LogP contribution in [0.15, 0.2) is 29.6 Å². The van der Waals surface area contributed by atoms with Gasteiger partial charge in [-0.3, -0.25) is 14.2 Å². The number of H-pyrrole nitrogens is 1. The van der Waals surface area contributed by atoms with E-state index in [2.05, 4.69) is 30.6 Å². The Labute approximate surface area is 167 Å². The van der Waals surface area contributed by atoms with Gasteiger partial charge in [-0.1, -0.05) is 0 Å². The van der Waals surface area contributed by atoms with Crippen LogP contribution in [-0.2, 0) is 17.6 Å². The second-order valence-electron chi connectivity index (χ2n) is 6.64. The summed E-state index contributed by atoms with van der Waals surface area (Å²) in [4.78, 5) is 40.4. The lowest BCUT2D eigenvalue weighted by molar-refractivity contribution is -0.119. The third-order valence-electron chi connectivity index (χ3n) is 4.55. The normalized spacial score (nSPS) is 10.7. The summed E-state index contributed by atoms with van der Waals surface area (Å²) in [6, 6.07) is 1.69. The topological polar surface area (TPSA) is 144 Å². The molecule has 29 heavy (non-hydrogen) atoms. The fourth-order valence-corrected chi connectivity index (χ4v) is 2.93. The molecule has 0 atom stereocenters. The second-order valence-corrected chi connectivity index (χ2v) is 6.64. The zero-order valence-electron chi connectivity index (χ0n) is 16.6. The van der Waals surface area contributed by atoms with Crippen LogP contribution in [0, 0.1) is 13.8 Å². The Kier molecular flexibility index (Phi) is 5.91. The van der Waals surface area contributed by atoms with Crippen molar-refractivity contribution in [3.8, 4) is 5.82 Å². The smallest absolute Gasteiger partial charge is 0.299 e. The van der Waals surface area contributed by atoms with E-state index in [0.29, 0.717) is 41.4 Å². The van der Waals surface area contributed by atoms with Crippen molar-refractivity contribution in [2.45, 2.75) is 26.7 Å². The highest BCUT2D eigenvalue weighted by Gasteiger charge is 2.16. The number of anilines is 2. The van der Waals surface area contributed by atoms with Crippen molar-refractivity contribution < 1.29 is 4.79 Å². The highest BCUT2D eigenvalue weighted by atomic mass is 16.1. The zero-order valence-corrected chi connectivity index (χ0v) is 16.6. The van der Waals surface area contributed by atoms with Crippen LogP contribution in [0.4, 0.5) is 11.5 Å². The molecular weight excluding hydrogens is 372 g/mol. The molecule has 0 aliphatic rings. The van der Waals surface area contributed by atoms with Crippen LogP contribution in [0.5, 0.6) is 0 Å². The van der Waals surface area contributed by atoms with Gasteiger partial charge in [0, 0.05) is 49.5 Å². The molecule has 0 aromatic carbocycles. The minimum atomic E-state index is -0.340. The van der Waals surface area contributed by atoms with Crippen LogP contribution in [0.25, 0.3) is 5.82 Å². The Hall–Kier alpha value is -3.69. The lowest BCUT2D eigenvalue weighted by atomic mass is 10.1. The van der Waals surface area contributed by atoms with Crippen LogP contribution in [0.2, 0.25) is 0 Å². The molecule has 0 aliphatic heterocycles. The van der Waals surface area contributed by atoms with Gasteiger partial charge >= 0.3 is 0 Å². The average molecular weight is 396 g/mol. The molecule has 0 saturated heterocycles. The van der Waals surface area contributed by atoms with Gasteiger partial charge in [-0.05, 0) is 25.5 Å². The molecular formula is C19H24N8O2. The first-order valence-electron chi connectivity index (χ1n) is 9.17. The first kappa shape index (κ1) is 20.1. The number of nitrogen functional groups attached to an aromatic ring is 1. The number of carbonyl (C=O) groups is 1. The van der Waals surface area contributed by atoms with E-state index in [4.69, 9.17) is 5.73 Å². The highest BCUT2D eigenvalue weighted by molar-refractivity contribution is 5.79. The summed E-state index contributed by atoms with van der Waals surface area (Å²) in [5.74, 6) is 0.399. The van der Waals surface area contributed by atoms with Gasteiger partial charge in [0.15, 0.2) is 11.6 Å². The maximum Gasteiger partial charge on any atom is 0.299 e. The van der Waals surface area contributed by atoms with Gasteiger partial charge in [0.25, 0.3) is 5.56 Å². The number of imidazole rings is 1. The van der Waals surface area contributed by atoms with E-state index in [1.165, 1.54) is 4.57 Å². The van der Waals surface area contributed by atoms with Gasteiger partial charge in [0.2, 0.25) is 5.91 Å². The average Bonchev–Trinajstić information content (AvgIpc) is 3.20. The van der Waals surface area contributed by atoms with Crippen LogP contribution < -0.4 is 21.9 Å². The predicted octanol–water partition coefficient (Wildman–Crippen LogP) is 0.493. The van der Waals surface area contributed by atoms with Gasteiger partial charge in [0.05, 0.1) is 18.4 Å². The first-order chi connectivity index (χ1) is 13.9.